The van der Waals surface area contributed by atoms with Gasteiger partial charge in [-0.2, -0.15) is 0 Å². The zero-order chi connectivity index (χ0) is 25.7. The highest BCUT2D eigenvalue weighted by molar-refractivity contribution is 7.56. The van der Waals surface area contributed by atoms with Gasteiger partial charge >= 0.3 is 0 Å². The van der Waals surface area contributed by atoms with Gasteiger partial charge in [0, 0.05) is 29.0 Å². The van der Waals surface area contributed by atoms with Gasteiger partial charge in [0.25, 0.3) is 0 Å². The lowest BCUT2D eigenvalue weighted by atomic mass is 9.85. The first kappa shape index (κ1) is 25.9. The van der Waals surface area contributed by atoms with Crippen molar-refractivity contribution < 1.29 is 4.74 Å². The fourth-order valence-electron chi connectivity index (χ4n) is 4.48. The van der Waals surface area contributed by atoms with Crippen LogP contribution in [0.4, 0.5) is 0 Å². The summed E-state index contributed by atoms with van der Waals surface area (Å²) in [5.41, 5.74) is 8.28. The van der Waals surface area contributed by atoms with E-state index in [0.717, 1.165) is 17.0 Å². The predicted octanol–water partition coefficient (Wildman–Crippen LogP) is 7.28. The SMILES string of the molecule is C/N=C(\c1ccccc1)c1cccc(C)c1Pc1cc(C)cc(C(C)(C)C)c1OCc1ccccc1. The van der Waals surface area contributed by atoms with Crippen molar-refractivity contribution in [3.05, 3.63) is 124 Å². The summed E-state index contributed by atoms with van der Waals surface area (Å²) in [7, 11) is 2.33. The van der Waals surface area contributed by atoms with Crippen molar-refractivity contribution in [3.63, 3.8) is 0 Å². The van der Waals surface area contributed by atoms with Gasteiger partial charge in [-0.1, -0.05) is 114 Å². The van der Waals surface area contributed by atoms with Crippen molar-refractivity contribution in [1.82, 2.24) is 0 Å². The molecule has 0 spiro atoms. The molecule has 3 heteroatoms. The fraction of sp³-hybridized carbons (Fsp3) is 0.242. The molecule has 0 aliphatic rings. The molecule has 2 nitrogen and oxygen atoms in total. The van der Waals surface area contributed by atoms with Gasteiger partial charge in [-0.3, -0.25) is 4.99 Å². The Bertz CT molecular complexity index is 1350. The molecule has 0 saturated carbocycles. The smallest absolute Gasteiger partial charge is 0.131 e. The third-order valence-electron chi connectivity index (χ3n) is 6.33. The zero-order valence-corrected chi connectivity index (χ0v) is 23.2. The van der Waals surface area contributed by atoms with E-state index in [9.17, 15) is 0 Å². The molecule has 4 aromatic carbocycles. The number of nitrogens with zero attached hydrogens (tertiary/aromatic N) is 1. The van der Waals surface area contributed by atoms with Crippen molar-refractivity contribution >= 4 is 24.9 Å². The standard InChI is InChI=1S/C33H36NOP/c1-23-20-28(33(3,4)5)31(35-22-25-15-9-7-10-16-25)29(21-23)36-32-24(2)14-13-19-27(32)30(34-6)26-17-11-8-12-18-26/h7-21,36H,22H2,1-6H3/b34-30+. The minimum atomic E-state index is -0.0358. The minimum absolute atomic E-state index is 0.0358. The first-order chi connectivity index (χ1) is 17.3. The Hall–Kier alpha value is -3.22. The second-order valence-electron chi connectivity index (χ2n) is 10.3. The number of aryl methyl sites for hydroxylation is 2. The van der Waals surface area contributed by atoms with E-state index in [1.165, 1.54) is 38.4 Å². The van der Waals surface area contributed by atoms with Crippen molar-refractivity contribution in [1.29, 1.82) is 0 Å². The Morgan fingerprint density at radius 1 is 0.833 bits per heavy atom. The number of hydrogen-bond donors (Lipinski definition) is 0. The van der Waals surface area contributed by atoms with Gasteiger partial charge in [-0.25, -0.2) is 0 Å². The summed E-state index contributed by atoms with van der Waals surface area (Å²) in [6, 6.07) is 32.0. The molecule has 0 saturated heterocycles. The third kappa shape index (κ3) is 5.94. The Morgan fingerprint density at radius 2 is 1.50 bits per heavy atom. The van der Waals surface area contributed by atoms with Crippen LogP contribution in [0.15, 0.2) is 96.0 Å². The van der Waals surface area contributed by atoms with Crippen molar-refractivity contribution in [2.75, 3.05) is 7.05 Å². The maximum atomic E-state index is 6.64. The molecule has 4 rings (SSSR count). The van der Waals surface area contributed by atoms with Gasteiger partial charge in [0.2, 0.25) is 0 Å². The molecule has 184 valence electrons. The summed E-state index contributed by atoms with van der Waals surface area (Å²) in [5, 5.41) is 2.56. The maximum Gasteiger partial charge on any atom is 0.131 e. The lowest BCUT2D eigenvalue weighted by Crippen LogP contribution is -2.22. The van der Waals surface area contributed by atoms with E-state index in [2.05, 4.69) is 113 Å². The van der Waals surface area contributed by atoms with Crippen LogP contribution in [0.2, 0.25) is 0 Å². The van der Waals surface area contributed by atoms with E-state index in [1.807, 2.05) is 19.2 Å². The molecule has 0 aliphatic heterocycles. The highest BCUT2D eigenvalue weighted by Gasteiger charge is 2.24. The van der Waals surface area contributed by atoms with Crippen LogP contribution in [0.25, 0.3) is 0 Å². The molecule has 4 aromatic rings. The topological polar surface area (TPSA) is 21.6 Å². The Kier molecular flexibility index (Phi) is 8.07. The van der Waals surface area contributed by atoms with E-state index in [4.69, 9.17) is 9.73 Å². The summed E-state index contributed by atoms with van der Waals surface area (Å²) in [5.74, 6) is 1.01. The van der Waals surface area contributed by atoms with Gasteiger partial charge in [-0.05, 0) is 47.3 Å². The Balaban J connectivity index is 1.82. The monoisotopic (exact) mass is 493 g/mol. The first-order valence-electron chi connectivity index (χ1n) is 12.5. The number of ether oxygens (including phenoxy) is 1. The van der Waals surface area contributed by atoms with Gasteiger partial charge < -0.3 is 4.74 Å². The second-order valence-corrected chi connectivity index (χ2v) is 11.6. The van der Waals surface area contributed by atoms with E-state index < -0.39 is 0 Å². The molecule has 0 fully saturated rings. The summed E-state index contributed by atoms with van der Waals surface area (Å²) in [6.07, 6.45) is 0. The normalized spacial score (nSPS) is 12.3. The van der Waals surface area contributed by atoms with Crippen molar-refractivity contribution in [2.24, 2.45) is 4.99 Å². The number of hydrogen-bond acceptors (Lipinski definition) is 2. The van der Waals surface area contributed by atoms with Gasteiger partial charge in [0.15, 0.2) is 0 Å². The summed E-state index contributed by atoms with van der Waals surface area (Å²) in [4.78, 5) is 4.73. The average molecular weight is 494 g/mol. The third-order valence-corrected chi connectivity index (χ3v) is 7.88. The summed E-state index contributed by atoms with van der Waals surface area (Å²) in [6.45, 7) is 11.7. The molecule has 0 heterocycles. The molecule has 0 amide bonds. The zero-order valence-electron chi connectivity index (χ0n) is 22.2. The molecule has 0 aliphatic carbocycles. The van der Waals surface area contributed by atoms with E-state index in [0.29, 0.717) is 15.2 Å². The molecule has 0 radical (unpaired) electrons. The van der Waals surface area contributed by atoms with Crippen LogP contribution in [-0.4, -0.2) is 12.8 Å². The second kappa shape index (κ2) is 11.2. The van der Waals surface area contributed by atoms with Crippen molar-refractivity contribution in [3.8, 4) is 5.75 Å². The van der Waals surface area contributed by atoms with Gasteiger partial charge in [-0.15, -0.1) is 0 Å². The number of rotatable bonds is 7. The number of aliphatic imine (C=N–C) groups is 1. The summed E-state index contributed by atoms with van der Waals surface area (Å²) < 4.78 is 6.64. The van der Waals surface area contributed by atoms with E-state index >= 15 is 0 Å². The summed E-state index contributed by atoms with van der Waals surface area (Å²) >= 11 is 0. The van der Waals surface area contributed by atoms with Gasteiger partial charge in [0.1, 0.15) is 12.4 Å². The lowest BCUT2D eigenvalue weighted by molar-refractivity contribution is 0.300. The van der Waals surface area contributed by atoms with Crippen LogP contribution in [0.1, 0.15) is 54.2 Å². The number of benzene rings is 4. The minimum Gasteiger partial charge on any atom is -0.488 e. The average Bonchev–Trinajstić information content (AvgIpc) is 2.86. The molecular formula is C33H36NOP. The van der Waals surface area contributed by atoms with E-state index in [-0.39, 0.29) is 5.41 Å². The first-order valence-corrected chi connectivity index (χ1v) is 13.5. The highest BCUT2D eigenvalue weighted by Crippen LogP contribution is 2.35. The van der Waals surface area contributed by atoms with Crippen LogP contribution >= 0.6 is 8.58 Å². The molecule has 36 heavy (non-hydrogen) atoms. The molecule has 0 N–H and O–H groups in total. The molecule has 1 unspecified atom stereocenters. The lowest BCUT2D eigenvalue weighted by Gasteiger charge is -2.26. The molecule has 0 bridgehead atoms. The predicted molar refractivity (Wildman–Crippen MR) is 157 cm³/mol. The van der Waals surface area contributed by atoms with E-state index in [1.54, 1.807) is 0 Å². The van der Waals surface area contributed by atoms with Crippen LogP contribution in [0.3, 0.4) is 0 Å². The molecule has 1 atom stereocenters. The van der Waals surface area contributed by atoms with Crippen LogP contribution in [0, 0.1) is 13.8 Å². The fourth-order valence-corrected chi connectivity index (χ4v) is 5.98. The Morgan fingerprint density at radius 3 is 2.14 bits per heavy atom. The van der Waals surface area contributed by atoms with Crippen LogP contribution in [0.5, 0.6) is 5.75 Å². The largest absolute Gasteiger partial charge is 0.488 e. The molecule has 0 aromatic heterocycles. The molecular weight excluding hydrogens is 457 g/mol. The van der Waals surface area contributed by atoms with Crippen molar-refractivity contribution in [2.45, 2.75) is 46.6 Å². The van der Waals surface area contributed by atoms with Crippen LogP contribution in [-0.2, 0) is 12.0 Å². The van der Waals surface area contributed by atoms with Crippen LogP contribution < -0.4 is 15.3 Å². The van der Waals surface area contributed by atoms with Gasteiger partial charge in [0.05, 0.1) is 5.71 Å². The quantitative estimate of drug-likeness (QED) is 0.196. The highest BCUT2D eigenvalue weighted by atomic mass is 31.1. The Labute approximate surface area is 218 Å². The maximum absolute atomic E-state index is 6.64.